The van der Waals surface area contributed by atoms with Gasteiger partial charge in [-0.05, 0) is 62.9 Å². The van der Waals surface area contributed by atoms with Crippen LogP contribution in [0.2, 0.25) is 0 Å². The monoisotopic (exact) mass is 552 g/mol. The maximum atomic E-state index is 10.5. The molecular weight excluding hydrogens is 515 g/mol. The summed E-state index contributed by atoms with van der Waals surface area (Å²) in [6, 6.07) is 18.2. The Balaban J connectivity index is 0.00000363. The van der Waals surface area contributed by atoms with E-state index in [1.165, 1.54) is 5.69 Å². The SMILES string of the molecule is CCNC(=NCC(O)c1ccc(OC(C)C)cc1)NCC1CCN(c2ccccc2)C1.I. The molecule has 0 amide bonds. The van der Waals surface area contributed by atoms with Gasteiger partial charge in [-0.3, -0.25) is 4.99 Å². The highest BCUT2D eigenvalue weighted by atomic mass is 127. The third-order valence-electron chi connectivity index (χ3n) is 5.37. The van der Waals surface area contributed by atoms with Crippen molar-refractivity contribution < 1.29 is 9.84 Å². The smallest absolute Gasteiger partial charge is 0.191 e. The van der Waals surface area contributed by atoms with Gasteiger partial charge in [-0.15, -0.1) is 24.0 Å². The number of para-hydroxylation sites is 1. The molecule has 0 aromatic heterocycles. The molecule has 1 saturated heterocycles. The van der Waals surface area contributed by atoms with E-state index in [1.54, 1.807) is 0 Å². The molecule has 32 heavy (non-hydrogen) atoms. The van der Waals surface area contributed by atoms with Gasteiger partial charge in [0.1, 0.15) is 5.75 Å². The van der Waals surface area contributed by atoms with Gasteiger partial charge in [0.2, 0.25) is 0 Å². The van der Waals surface area contributed by atoms with Crippen LogP contribution in [0.1, 0.15) is 38.9 Å². The van der Waals surface area contributed by atoms with Crippen molar-refractivity contribution in [1.29, 1.82) is 0 Å². The Kier molecular flexibility index (Phi) is 11.1. The first-order valence-electron chi connectivity index (χ1n) is 11.3. The molecule has 6 nitrogen and oxygen atoms in total. The summed E-state index contributed by atoms with van der Waals surface area (Å²) in [5.74, 6) is 2.13. The molecule has 2 aromatic rings. The lowest BCUT2D eigenvalue weighted by Crippen LogP contribution is -2.40. The van der Waals surface area contributed by atoms with E-state index in [4.69, 9.17) is 4.74 Å². The quantitative estimate of drug-likeness (QED) is 0.247. The molecule has 1 heterocycles. The van der Waals surface area contributed by atoms with Crippen LogP contribution in [0.3, 0.4) is 0 Å². The van der Waals surface area contributed by atoms with Crippen LogP contribution in [0.15, 0.2) is 59.6 Å². The van der Waals surface area contributed by atoms with Crippen molar-refractivity contribution in [3.05, 3.63) is 60.2 Å². The lowest BCUT2D eigenvalue weighted by molar-refractivity contribution is 0.186. The second-order valence-electron chi connectivity index (χ2n) is 8.29. The van der Waals surface area contributed by atoms with Gasteiger partial charge in [-0.25, -0.2) is 0 Å². The van der Waals surface area contributed by atoms with Crippen molar-refractivity contribution in [3.8, 4) is 5.75 Å². The maximum absolute atomic E-state index is 10.5. The summed E-state index contributed by atoms with van der Waals surface area (Å²) in [4.78, 5) is 7.04. The van der Waals surface area contributed by atoms with Gasteiger partial charge in [-0.2, -0.15) is 0 Å². The minimum Gasteiger partial charge on any atom is -0.491 e. The summed E-state index contributed by atoms with van der Waals surface area (Å²) in [5, 5.41) is 17.3. The molecule has 0 spiro atoms. The number of aliphatic imine (C=N–C) groups is 1. The number of aliphatic hydroxyl groups excluding tert-OH is 1. The Labute approximate surface area is 209 Å². The third kappa shape index (κ3) is 8.16. The number of ether oxygens (including phenoxy) is 1. The third-order valence-corrected chi connectivity index (χ3v) is 5.37. The molecule has 0 saturated carbocycles. The number of hydrogen-bond acceptors (Lipinski definition) is 4. The lowest BCUT2D eigenvalue weighted by atomic mass is 10.1. The number of nitrogens with zero attached hydrogens (tertiary/aromatic N) is 2. The molecule has 1 fully saturated rings. The van der Waals surface area contributed by atoms with Crippen LogP contribution >= 0.6 is 24.0 Å². The molecule has 0 aliphatic carbocycles. The number of nitrogens with one attached hydrogen (secondary N) is 2. The van der Waals surface area contributed by atoms with Crippen molar-refractivity contribution in [2.24, 2.45) is 10.9 Å². The first-order valence-corrected chi connectivity index (χ1v) is 11.3. The molecule has 1 aliphatic heterocycles. The number of hydrogen-bond donors (Lipinski definition) is 3. The predicted octanol–water partition coefficient (Wildman–Crippen LogP) is 4.21. The van der Waals surface area contributed by atoms with Crippen LogP contribution in [0, 0.1) is 5.92 Å². The number of halogens is 1. The number of benzene rings is 2. The highest BCUT2D eigenvalue weighted by Gasteiger charge is 2.22. The summed E-state index contributed by atoms with van der Waals surface area (Å²) >= 11 is 0. The average Bonchev–Trinajstić information content (AvgIpc) is 3.25. The molecule has 2 aromatic carbocycles. The van der Waals surface area contributed by atoms with Crippen molar-refractivity contribution in [1.82, 2.24) is 10.6 Å². The number of anilines is 1. The number of aliphatic hydroxyl groups is 1. The largest absolute Gasteiger partial charge is 0.491 e. The second-order valence-corrected chi connectivity index (χ2v) is 8.29. The first-order chi connectivity index (χ1) is 15.0. The van der Waals surface area contributed by atoms with Crippen LogP contribution in [-0.2, 0) is 0 Å². The van der Waals surface area contributed by atoms with Crippen LogP contribution in [0.4, 0.5) is 5.69 Å². The maximum Gasteiger partial charge on any atom is 0.191 e. The highest BCUT2D eigenvalue weighted by molar-refractivity contribution is 14.0. The van der Waals surface area contributed by atoms with Gasteiger partial charge < -0.3 is 25.4 Å². The molecular formula is C25H37IN4O2. The van der Waals surface area contributed by atoms with Gasteiger partial charge >= 0.3 is 0 Å². The van der Waals surface area contributed by atoms with Crippen molar-refractivity contribution in [2.75, 3.05) is 37.6 Å². The van der Waals surface area contributed by atoms with Crippen molar-refractivity contribution >= 4 is 35.6 Å². The topological polar surface area (TPSA) is 69.1 Å². The molecule has 176 valence electrons. The van der Waals surface area contributed by atoms with Crippen LogP contribution in [-0.4, -0.2) is 49.9 Å². The highest BCUT2D eigenvalue weighted by Crippen LogP contribution is 2.23. The zero-order chi connectivity index (χ0) is 22.1. The summed E-state index contributed by atoms with van der Waals surface area (Å²) in [6.07, 6.45) is 0.645. The fraction of sp³-hybridized carbons (Fsp3) is 0.480. The molecule has 0 radical (unpaired) electrons. The summed E-state index contributed by atoms with van der Waals surface area (Å²) in [6.45, 7) is 10.1. The molecule has 3 N–H and O–H groups in total. The van der Waals surface area contributed by atoms with Gasteiger partial charge in [0.25, 0.3) is 0 Å². The van der Waals surface area contributed by atoms with Crippen molar-refractivity contribution in [2.45, 2.75) is 39.4 Å². The van der Waals surface area contributed by atoms with Gasteiger partial charge in [0.05, 0.1) is 18.8 Å². The lowest BCUT2D eigenvalue weighted by Gasteiger charge is -2.19. The fourth-order valence-electron chi connectivity index (χ4n) is 3.78. The average molecular weight is 553 g/mol. The summed E-state index contributed by atoms with van der Waals surface area (Å²) < 4.78 is 5.66. The van der Waals surface area contributed by atoms with E-state index in [2.05, 4.69) is 50.9 Å². The Hall–Kier alpha value is -2.00. The Morgan fingerprint density at radius 1 is 1.12 bits per heavy atom. The minimum atomic E-state index is -0.649. The van der Waals surface area contributed by atoms with E-state index in [9.17, 15) is 5.11 Å². The van der Waals surface area contributed by atoms with Gasteiger partial charge in [-0.1, -0.05) is 30.3 Å². The van der Waals surface area contributed by atoms with Crippen LogP contribution < -0.4 is 20.3 Å². The standard InChI is InChI=1S/C25H36N4O2.HI/c1-4-26-25(27-16-20-14-15-29(18-20)22-8-6-5-7-9-22)28-17-24(30)21-10-12-23(13-11-21)31-19(2)3;/h5-13,19-20,24,30H,4,14-18H2,1-3H3,(H2,26,27,28);1H. The first kappa shape index (κ1) is 26.3. The number of guanidine groups is 1. The van der Waals surface area contributed by atoms with E-state index in [-0.39, 0.29) is 30.1 Å². The van der Waals surface area contributed by atoms with E-state index in [1.807, 2.05) is 45.0 Å². The summed E-state index contributed by atoms with van der Waals surface area (Å²) in [5.41, 5.74) is 2.13. The molecule has 2 atom stereocenters. The van der Waals surface area contributed by atoms with E-state index < -0.39 is 6.10 Å². The molecule has 7 heteroatoms. The van der Waals surface area contributed by atoms with E-state index >= 15 is 0 Å². The van der Waals surface area contributed by atoms with Crippen LogP contribution in [0.25, 0.3) is 0 Å². The summed E-state index contributed by atoms with van der Waals surface area (Å²) in [7, 11) is 0. The van der Waals surface area contributed by atoms with Gasteiger partial charge in [0, 0.05) is 31.9 Å². The Morgan fingerprint density at radius 2 is 1.84 bits per heavy atom. The van der Waals surface area contributed by atoms with Crippen LogP contribution in [0.5, 0.6) is 5.75 Å². The van der Waals surface area contributed by atoms with E-state index in [0.717, 1.165) is 49.9 Å². The number of rotatable bonds is 9. The molecule has 0 bridgehead atoms. The zero-order valence-electron chi connectivity index (χ0n) is 19.3. The Morgan fingerprint density at radius 3 is 2.50 bits per heavy atom. The van der Waals surface area contributed by atoms with Crippen molar-refractivity contribution in [3.63, 3.8) is 0 Å². The zero-order valence-corrected chi connectivity index (χ0v) is 21.7. The second kappa shape index (κ2) is 13.5. The molecule has 1 aliphatic rings. The minimum absolute atomic E-state index is 0. The van der Waals surface area contributed by atoms with Gasteiger partial charge in [0.15, 0.2) is 5.96 Å². The molecule has 3 rings (SSSR count). The predicted molar refractivity (Wildman–Crippen MR) is 143 cm³/mol. The fourth-order valence-corrected chi connectivity index (χ4v) is 3.78. The Bertz CT molecular complexity index is 814. The normalized spacial score (nSPS) is 17.1. The molecule has 2 unspecified atom stereocenters. The van der Waals surface area contributed by atoms with E-state index in [0.29, 0.717) is 12.5 Å².